The number of esters is 1. The molecule has 2 heterocycles. The molecule has 4 aromatic rings. The summed E-state index contributed by atoms with van der Waals surface area (Å²) in [6, 6.07) is 14.0. The Bertz CT molecular complexity index is 1480. The molecule has 8 nitrogen and oxygen atoms in total. The summed E-state index contributed by atoms with van der Waals surface area (Å²) in [6.45, 7) is 0. The number of fused-ring (bicyclic) bond motifs is 3. The minimum absolute atomic E-state index is 0.00446. The van der Waals surface area contributed by atoms with Gasteiger partial charge in [-0.25, -0.2) is 0 Å². The van der Waals surface area contributed by atoms with Crippen LogP contribution in [0.25, 0.3) is 22.3 Å². The van der Waals surface area contributed by atoms with Crippen molar-refractivity contribution in [2.24, 2.45) is 0 Å². The van der Waals surface area contributed by atoms with E-state index in [0.717, 1.165) is 5.56 Å². The summed E-state index contributed by atoms with van der Waals surface area (Å²) >= 11 is 0. The molecule has 2 N–H and O–H groups in total. The van der Waals surface area contributed by atoms with Crippen molar-refractivity contribution < 1.29 is 33.6 Å². The van der Waals surface area contributed by atoms with Gasteiger partial charge in [0.05, 0.1) is 20.6 Å². The Morgan fingerprint density at radius 1 is 0.912 bits per heavy atom. The van der Waals surface area contributed by atoms with Crippen molar-refractivity contribution in [2.75, 3.05) is 14.2 Å². The van der Waals surface area contributed by atoms with E-state index in [9.17, 15) is 19.8 Å². The van der Waals surface area contributed by atoms with Crippen molar-refractivity contribution in [3.05, 3.63) is 75.9 Å². The van der Waals surface area contributed by atoms with E-state index >= 15 is 0 Å². The first-order valence-electron chi connectivity index (χ1n) is 10.4. The standard InChI is InChI=1S/C26H20O8/c1-31-19-8-5-14(9-21(19)32-2)16-10-23(30)33-22-12-18(29)25-17(28)11-20(34-26(25)24(16)22)13-3-6-15(27)7-4-13/h3-9,11-12,16,27,29H,10H2,1-2H3. The number of aromatic hydroxyl groups is 2. The Morgan fingerprint density at radius 3 is 2.35 bits per heavy atom. The first-order valence-corrected chi connectivity index (χ1v) is 10.4. The van der Waals surface area contributed by atoms with Gasteiger partial charge in [-0.05, 0) is 42.0 Å². The summed E-state index contributed by atoms with van der Waals surface area (Å²) < 4.78 is 22.3. The lowest BCUT2D eigenvalue weighted by molar-refractivity contribution is -0.135. The zero-order valence-electron chi connectivity index (χ0n) is 18.3. The van der Waals surface area contributed by atoms with Crippen LogP contribution in [0.3, 0.4) is 0 Å². The molecule has 0 saturated carbocycles. The number of hydrogen-bond donors (Lipinski definition) is 2. The second kappa shape index (κ2) is 8.15. The van der Waals surface area contributed by atoms with E-state index in [0.29, 0.717) is 22.6 Å². The quantitative estimate of drug-likeness (QED) is 0.342. The molecule has 0 aliphatic carbocycles. The van der Waals surface area contributed by atoms with E-state index in [1.807, 2.05) is 0 Å². The van der Waals surface area contributed by atoms with Crippen LogP contribution in [0.1, 0.15) is 23.5 Å². The number of methoxy groups -OCH3 is 2. The third kappa shape index (κ3) is 3.49. The van der Waals surface area contributed by atoms with Gasteiger partial charge in [0.25, 0.3) is 0 Å². The molecule has 0 spiro atoms. The van der Waals surface area contributed by atoms with Gasteiger partial charge in [0.2, 0.25) is 0 Å². The lowest BCUT2D eigenvalue weighted by Crippen LogP contribution is -2.22. The first-order chi connectivity index (χ1) is 16.4. The number of hydrogen-bond acceptors (Lipinski definition) is 8. The fourth-order valence-electron chi connectivity index (χ4n) is 4.28. The van der Waals surface area contributed by atoms with Crippen molar-refractivity contribution in [1.29, 1.82) is 0 Å². The van der Waals surface area contributed by atoms with E-state index in [1.165, 1.54) is 38.5 Å². The van der Waals surface area contributed by atoms with E-state index in [-0.39, 0.29) is 40.4 Å². The lowest BCUT2D eigenvalue weighted by atomic mass is 9.85. The minimum Gasteiger partial charge on any atom is -0.508 e. The van der Waals surface area contributed by atoms with E-state index in [1.54, 1.807) is 30.3 Å². The fourth-order valence-corrected chi connectivity index (χ4v) is 4.28. The van der Waals surface area contributed by atoms with Crippen LogP contribution in [0.5, 0.6) is 28.7 Å². The van der Waals surface area contributed by atoms with Crippen molar-refractivity contribution in [2.45, 2.75) is 12.3 Å². The van der Waals surface area contributed by atoms with Gasteiger partial charge in [-0.1, -0.05) is 6.07 Å². The highest BCUT2D eigenvalue weighted by Gasteiger charge is 2.34. The maximum atomic E-state index is 13.0. The molecule has 1 aromatic heterocycles. The second-order valence-corrected chi connectivity index (χ2v) is 7.88. The highest BCUT2D eigenvalue weighted by molar-refractivity contribution is 5.93. The molecular formula is C26H20O8. The van der Waals surface area contributed by atoms with Gasteiger partial charge in [0.1, 0.15) is 34.0 Å². The number of benzene rings is 3. The van der Waals surface area contributed by atoms with Crippen LogP contribution in [0.15, 0.2) is 63.8 Å². The average Bonchev–Trinajstić information content (AvgIpc) is 2.82. The van der Waals surface area contributed by atoms with Crippen molar-refractivity contribution in [3.63, 3.8) is 0 Å². The van der Waals surface area contributed by atoms with Crippen molar-refractivity contribution >= 4 is 16.9 Å². The highest BCUT2D eigenvalue weighted by Crippen LogP contribution is 2.47. The minimum atomic E-state index is -0.530. The van der Waals surface area contributed by atoms with E-state index < -0.39 is 17.3 Å². The van der Waals surface area contributed by atoms with Crippen molar-refractivity contribution in [3.8, 4) is 40.1 Å². The van der Waals surface area contributed by atoms with Crippen LogP contribution < -0.4 is 19.6 Å². The van der Waals surface area contributed by atoms with Crippen LogP contribution in [0.4, 0.5) is 0 Å². The molecule has 5 rings (SSSR count). The van der Waals surface area contributed by atoms with Gasteiger partial charge in [-0.3, -0.25) is 9.59 Å². The predicted octanol–water partition coefficient (Wildman–Crippen LogP) is 4.33. The zero-order chi connectivity index (χ0) is 24.0. The van der Waals surface area contributed by atoms with Crippen molar-refractivity contribution in [1.82, 2.24) is 0 Å². The second-order valence-electron chi connectivity index (χ2n) is 7.88. The number of phenols is 2. The number of phenolic OH excluding ortho intramolecular Hbond substituents is 2. The number of carbonyl (C=O) groups excluding carboxylic acids is 1. The number of ether oxygens (including phenoxy) is 3. The van der Waals surface area contributed by atoms with Gasteiger partial charge in [0, 0.05) is 29.2 Å². The molecule has 0 bridgehead atoms. The molecular weight excluding hydrogens is 440 g/mol. The molecule has 1 aliphatic heterocycles. The third-order valence-corrected chi connectivity index (χ3v) is 5.89. The maximum absolute atomic E-state index is 13.0. The molecule has 3 aromatic carbocycles. The van der Waals surface area contributed by atoms with Gasteiger partial charge in [0.15, 0.2) is 16.9 Å². The topological polar surface area (TPSA) is 115 Å². The molecule has 1 unspecified atom stereocenters. The van der Waals surface area contributed by atoms with Crippen LogP contribution in [-0.4, -0.2) is 30.4 Å². The van der Waals surface area contributed by atoms with Crippen LogP contribution in [0.2, 0.25) is 0 Å². The predicted molar refractivity (Wildman–Crippen MR) is 123 cm³/mol. The van der Waals surface area contributed by atoms with Gasteiger partial charge >= 0.3 is 5.97 Å². The highest BCUT2D eigenvalue weighted by atomic mass is 16.5. The fraction of sp³-hybridized carbons (Fsp3) is 0.154. The molecule has 8 heteroatoms. The molecule has 1 atom stereocenters. The summed E-state index contributed by atoms with van der Waals surface area (Å²) in [5.74, 6) is 0.0833. The number of carbonyl (C=O) groups is 1. The van der Waals surface area contributed by atoms with Crippen LogP contribution in [0, 0.1) is 0 Å². The van der Waals surface area contributed by atoms with Gasteiger partial charge < -0.3 is 28.8 Å². The lowest BCUT2D eigenvalue weighted by Gasteiger charge is -2.26. The summed E-state index contributed by atoms with van der Waals surface area (Å²) in [6.07, 6.45) is -0.00446. The summed E-state index contributed by atoms with van der Waals surface area (Å²) in [7, 11) is 3.04. The normalized spacial score (nSPS) is 15.0. The Labute approximate surface area is 193 Å². The van der Waals surface area contributed by atoms with Gasteiger partial charge in [-0.2, -0.15) is 0 Å². The molecule has 0 saturated heterocycles. The molecule has 34 heavy (non-hydrogen) atoms. The Morgan fingerprint density at radius 2 is 1.65 bits per heavy atom. The average molecular weight is 460 g/mol. The summed E-state index contributed by atoms with van der Waals surface area (Å²) in [5.41, 5.74) is 1.42. The zero-order valence-corrected chi connectivity index (χ0v) is 18.3. The van der Waals surface area contributed by atoms with Crippen LogP contribution >= 0.6 is 0 Å². The van der Waals surface area contributed by atoms with Crippen LogP contribution in [-0.2, 0) is 4.79 Å². The van der Waals surface area contributed by atoms with E-state index in [2.05, 4.69) is 0 Å². The molecule has 1 aliphatic rings. The summed E-state index contributed by atoms with van der Waals surface area (Å²) in [5, 5.41) is 20.2. The molecule has 172 valence electrons. The molecule has 0 fully saturated rings. The molecule has 0 amide bonds. The smallest absolute Gasteiger partial charge is 0.312 e. The Hall–Kier alpha value is -4.46. The first kappa shape index (κ1) is 21.4. The molecule has 0 radical (unpaired) electrons. The maximum Gasteiger partial charge on any atom is 0.312 e. The summed E-state index contributed by atoms with van der Waals surface area (Å²) in [4.78, 5) is 25.5. The Balaban J connectivity index is 1.79. The monoisotopic (exact) mass is 460 g/mol. The third-order valence-electron chi connectivity index (χ3n) is 5.89. The SMILES string of the molecule is COc1ccc(C2CC(=O)Oc3cc(O)c4c(=O)cc(-c5ccc(O)cc5)oc4c32)cc1OC. The van der Waals surface area contributed by atoms with Gasteiger partial charge in [-0.15, -0.1) is 0 Å². The van der Waals surface area contributed by atoms with E-state index in [4.69, 9.17) is 18.6 Å². The largest absolute Gasteiger partial charge is 0.508 e. The Kier molecular flexibility index (Phi) is 5.13. The number of rotatable bonds is 4.